The Morgan fingerprint density at radius 2 is 1.81 bits per heavy atom. The van der Waals surface area contributed by atoms with E-state index in [1.807, 2.05) is 0 Å². The molecular formula is C10H13ClF3NO. The molecule has 0 heterocycles. The normalized spacial score (nSPS) is 11.1. The minimum atomic E-state index is -4.44. The number of benzene rings is 1. The highest BCUT2D eigenvalue weighted by atomic mass is 35.5. The lowest BCUT2D eigenvalue weighted by molar-refractivity contribution is -0.137. The largest absolute Gasteiger partial charge is 0.491 e. The third-order valence-electron chi connectivity index (χ3n) is 1.70. The van der Waals surface area contributed by atoms with Gasteiger partial charge in [0.05, 0.1) is 11.7 Å². The molecule has 0 aromatic heterocycles. The number of halogens is 4. The Kier molecular flexibility index (Phi) is 4.93. The maximum atomic E-state index is 12.4. The topological polar surface area (TPSA) is 35.2 Å². The van der Waals surface area contributed by atoms with E-state index in [4.69, 9.17) is 10.5 Å². The SMILES string of the molecule is CC(C)Oc1ccc(N)c(C(F)(F)F)c1.Cl. The van der Waals surface area contributed by atoms with Crippen molar-refractivity contribution >= 4 is 18.1 Å². The van der Waals surface area contributed by atoms with E-state index in [1.165, 1.54) is 12.1 Å². The maximum Gasteiger partial charge on any atom is 0.418 e. The second kappa shape index (κ2) is 5.30. The van der Waals surface area contributed by atoms with Crippen molar-refractivity contribution in [2.24, 2.45) is 0 Å². The Morgan fingerprint density at radius 1 is 1.25 bits per heavy atom. The molecule has 0 aliphatic rings. The summed E-state index contributed by atoms with van der Waals surface area (Å²) in [6.07, 6.45) is -4.62. The molecule has 0 bridgehead atoms. The first-order valence-electron chi connectivity index (χ1n) is 4.44. The molecular weight excluding hydrogens is 243 g/mol. The van der Waals surface area contributed by atoms with Crippen molar-refractivity contribution in [1.82, 2.24) is 0 Å². The molecule has 0 fully saturated rings. The lowest BCUT2D eigenvalue weighted by Crippen LogP contribution is -2.11. The molecule has 1 rings (SSSR count). The first kappa shape index (κ1) is 14.9. The van der Waals surface area contributed by atoms with Gasteiger partial charge in [-0.3, -0.25) is 0 Å². The summed E-state index contributed by atoms with van der Waals surface area (Å²) >= 11 is 0. The summed E-state index contributed by atoms with van der Waals surface area (Å²) in [4.78, 5) is 0. The van der Waals surface area contributed by atoms with E-state index in [0.717, 1.165) is 6.07 Å². The van der Waals surface area contributed by atoms with Gasteiger partial charge in [-0.15, -0.1) is 12.4 Å². The van der Waals surface area contributed by atoms with Crippen LogP contribution in [0.2, 0.25) is 0 Å². The molecule has 1 aromatic rings. The minimum Gasteiger partial charge on any atom is -0.491 e. The van der Waals surface area contributed by atoms with Gasteiger partial charge in [-0.25, -0.2) is 0 Å². The van der Waals surface area contributed by atoms with Crippen molar-refractivity contribution < 1.29 is 17.9 Å². The molecule has 0 atom stereocenters. The zero-order valence-corrected chi connectivity index (χ0v) is 9.65. The number of hydrogen-bond acceptors (Lipinski definition) is 2. The summed E-state index contributed by atoms with van der Waals surface area (Å²) in [6, 6.07) is 3.53. The van der Waals surface area contributed by atoms with Gasteiger partial charge in [0.2, 0.25) is 0 Å². The third-order valence-corrected chi connectivity index (χ3v) is 1.70. The molecule has 1 aromatic carbocycles. The molecule has 6 heteroatoms. The Morgan fingerprint density at radius 3 is 2.25 bits per heavy atom. The summed E-state index contributed by atoms with van der Waals surface area (Å²) in [6.45, 7) is 3.48. The van der Waals surface area contributed by atoms with Gasteiger partial charge < -0.3 is 10.5 Å². The molecule has 0 radical (unpaired) electrons. The molecule has 0 unspecified atom stereocenters. The standard InChI is InChI=1S/C10H12F3NO.ClH/c1-6(2)15-7-3-4-9(14)8(5-7)10(11,12)13;/h3-6H,14H2,1-2H3;1H. The van der Waals surface area contributed by atoms with Gasteiger partial charge in [0.15, 0.2) is 0 Å². The Hall–Kier alpha value is -1.10. The molecule has 16 heavy (non-hydrogen) atoms. The summed E-state index contributed by atoms with van der Waals surface area (Å²) in [5, 5.41) is 0. The van der Waals surface area contributed by atoms with Crippen LogP contribution in [0.3, 0.4) is 0 Å². The molecule has 0 amide bonds. The Labute approximate surface area is 98.0 Å². The van der Waals surface area contributed by atoms with E-state index >= 15 is 0 Å². The van der Waals surface area contributed by atoms with Gasteiger partial charge in [-0.05, 0) is 32.0 Å². The van der Waals surface area contributed by atoms with Crippen molar-refractivity contribution in [2.75, 3.05) is 5.73 Å². The fourth-order valence-electron chi connectivity index (χ4n) is 1.13. The van der Waals surface area contributed by atoms with Crippen LogP contribution in [0, 0.1) is 0 Å². The summed E-state index contributed by atoms with van der Waals surface area (Å²) < 4.78 is 42.4. The van der Waals surface area contributed by atoms with E-state index in [9.17, 15) is 13.2 Å². The minimum absolute atomic E-state index is 0. The van der Waals surface area contributed by atoms with Gasteiger partial charge in [0.25, 0.3) is 0 Å². The van der Waals surface area contributed by atoms with Crippen molar-refractivity contribution in [2.45, 2.75) is 26.1 Å². The third kappa shape index (κ3) is 3.81. The van der Waals surface area contributed by atoms with Gasteiger partial charge in [0.1, 0.15) is 5.75 Å². The van der Waals surface area contributed by atoms with E-state index in [1.54, 1.807) is 13.8 Å². The number of nitrogen functional groups attached to an aromatic ring is 1. The summed E-state index contributed by atoms with van der Waals surface area (Å²) in [7, 11) is 0. The average Bonchev–Trinajstić information content (AvgIpc) is 2.05. The van der Waals surface area contributed by atoms with E-state index < -0.39 is 11.7 Å². The van der Waals surface area contributed by atoms with Crippen LogP contribution in [0.25, 0.3) is 0 Å². The molecule has 2 N–H and O–H groups in total. The monoisotopic (exact) mass is 255 g/mol. The summed E-state index contributed by atoms with van der Waals surface area (Å²) in [5.74, 6) is 0.173. The van der Waals surface area contributed by atoms with E-state index in [-0.39, 0.29) is 29.9 Å². The fourth-order valence-corrected chi connectivity index (χ4v) is 1.13. The van der Waals surface area contributed by atoms with Crippen LogP contribution in [0.15, 0.2) is 18.2 Å². The molecule has 0 saturated heterocycles. The van der Waals surface area contributed by atoms with Crippen LogP contribution in [-0.4, -0.2) is 6.10 Å². The smallest absolute Gasteiger partial charge is 0.418 e. The molecule has 0 saturated carbocycles. The van der Waals surface area contributed by atoms with Crippen LogP contribution >= 0.6 is 12.4 Å². The van der Waals surface area contributed by atoms with Gasteiger partial charge in [-0.2, -0.15) is 13.2 Å². The van der Waals surface area contributed by atoms with E-state index in [2.05, 4.69) is 0 Å². The first-order valence-corrected chi connectivity index (χ1v) is 4.44. The first-order chi connectivity index (χ1) is 6.80. The van der Waals surface area contributed by atoms with Crippen LogP contribution in [-0.2, 0) is 6.18 Å². The molecule has 2 nitrogen and oxygen atoms in total. The van der Waals surface area contributed by atoms with Crippen molar-refractivity contribution in [3.63, 3.8) is 0 Å². The second-order valence-corrected chi connectivity index (χ2v) is 3.41. The molecule has 92 valence electrons. The van der Waals surface area contributed by atoms with Crippen LogP contribution in [0.4, 0.5) is 18.9 Å². The lowest BCUT2D eigenvalue weighted by atomic mass is 10.1. The Balaban J connectivity index is 0.00000225. The van der Waals surface area contributed by atoms with Crippen molar-refractivity contribution in [3.8, 4) is 5.75 Å². The number of alkyl halides is 3. The second-order valence-electron chi connectivity index (χ2n) is 3.41. The van der Waals surface area contributed by atoms with Gasteiger partial charge >= 0.3 is 6.18 Å². The summed E-state index contributed by atoms with van der Waals surface area (Å²) in [5.41, 5.74) is 4.08. The highest BCUT2D eigenvalue weighted by molar-refractivity contribution is 5.85. The van der Waals surface area contributed by atoms with Crippen LogP contribution < -0.4 is 10.5 Å². The predicted molar refractivity (Wildman–Crippen MR) is 58.9 cm³/mol. The fraction of sp³-hybridized carbons (Fsp3) is 0.400. The molecule has 0 spiro atoms. The maximum absolute atomic E-state index is 12.4. The van der Waals surface area contributed by atoms with Gasteiger partial charge in [0, 0.05) is 5.69 Å². The highest BCUT2D eigenvalue weighted by Crippen LogP contribution is 2.35. The van der Waals surface area contributed by atoms with Crippen molar-refractivity contribution in [3.05, 3.63) is 23.8 Å². The zero-order chi connectivity index (χ0) is 11.6. The molecule has 0 aliphatic heterocycles. The number of ether oxygens (including phenoxy) is 1. The number of hydrogen-bond donors (Lipinski definition) is 1. The van der Waals surface area contributed by atoms with E-state index in [0.29, 0.717) is 0 Å². The van der Waals surface area contributed by atoms with Crippen LogP contribution in [0.5, 0.6) is 5.75 Å². The highest BCUT2D eigenvalue weighted by Gasteiger charge is 2.33. The Bertz CT molecular complexity index is 352. The average molecular weight is 256 g/mol. The van der Waals surface area contributed by atoms with Crippen LogP contribution in [0.1, 0.15) is 19.4 Å². The van der Waals surface area contributed by atoms with Crippen molar-refractivity contribution in [1.29, 1.82) is 0 Å². The lowest BCUT2D eigenvalue weighted by Gasteiger charge is -2.14. The molecule has 0 aliphatic carbocycles. The number of nitrogens with two attached hydrogens (primary N) is 1. The van der Waals surface area contributed by atoms with Gasteiger partial charge in [-0.1, -0.05) is 0 Å². The quantitative estimate of drug-likeness (QED) is 0.821. The number of anilines is 1. The zero-order valence-electron chi connectivity index (χ0n) is 8.84. The number of rotatable bonds is 2. The predicted octanol–water partition coefficient (Wildman–Crippen LogP) is 3.50.